The number of hydrogen-bond donors (Lipinski definition) is 2. The Labute approximate surface area is 97.7 Å². The minimum Gasteiger partial charge on any atom is -0.394 e. The monoisotopic (exact) mass is 245 g/mol. The molecule has 1 aromatic rings. The third kappa shape index (κ3) is 2.99. The number of nitrogens with zero attached hydrogens (tertiary/aromatic N) is 1. The Kier molecular flexibility index (Phi) is 4.25. The molecule has 0 bridgehead atoms. The van der Waals surface area contributed by atoms with Gasteiger partial charge in [0.25, 0.3) is 0 Å². The van der Waals surface area contributed by atoms with Crippen molar-refractivity contribution in [1.29, 1.82) is 0 Å². The first kappa shape index (κ1) is 11.9. The van der Waals surface area contributed by atoms with Crippen molar-refractivity contribution in [3.8, 4) is 0 Å². The number of rotatable bonds is 4. The summed E-state index contributed by atoms with van der Waals surface area (Å²) in [5, 5.41) is 20.4. The highest BCUT2D eigenvalue weighted by Crippen LogP contribution is 2.18. The van der Waals surface area contributed by atoms with Crippen LogP contribution in [0.2, 0.25) is 0 Å². The fourth-order valence-electron chi connectivity index (χ4n) is 1.63. The Morgan fingerprint density at radius 2 is 2.50 bits per heavy atom. The maximum absolute atomic E-state index is 9.62. The topological polar surface area (TPSA) is 71.8 Å². The molecule has 2 N–H and O–H groups in total. The van der Waals surface area contributed by atoms with Gasteiger partial charge in [0.05, 0.1) is 43.2 Å². The molecule has 5 nitrogen and oxygen atoms in total. The normalized spacial score (nSPS) is 30.5. The van der Waals surface area contributed by atoms with E-state index in [1.165, 1.54) is 11.3 Å². The molecule has 6 heteroatoms. The molecule has 0 aromatic carbocycles. The Balaban J connectivity index is 1.75. The van der Waals surface area contributed by atoms with E-state index in [2.05, 4.69) is 4.98 Å². The van der Waals surface area contributed by atoms with Crippen LogP contribution in [0.15, 0.2) is 10.9 Å². The molecule has 1 aromatic heterocycles. The Hall–Kier alpha value is -0.530. The van der Waals surface area contributed by atoms with Gasteiger partial charge in [-0.3, -0.25) is 0 Å². The van der Waals surface area contributed by atoms with Crippen molar-refractivity contribution in [2.75, 3.05) is 13.2 Å². The zero-order valence-electron chi connectivity index (χ0n) is 8.78. The highest BCUT2D eigenvalue weighted by molar-refractivity contribution is 7.07. The summed E-state index contributed by atoms with van der Waals surface area (Å²) >= 11 is 1.53. The van der Waals surface area contributed by atoms with Crippen LogP contribution in [-0.2, 0) is 16.1 Å². The molecule has 1 saturated heterocycles. The van der Waals surface area contributed by atoms with Gasteiger partial charge in [-0.2, -0.15) is 0 Å². The van der Waals surface area contributed by atoms with Crippen molar-refractivity contribution in [3.63, 3.8) is 0 Å². The molecule has 16 heavy (non-hydrogen) atoms. The van der Waals surface area contributed by atoms with E-state index in [1.54, 1.807) is 5.51 Å². The first-order valence-corrected chi connectivity index (χ1v) is 6.13. The maximum Gasteiger partial charge on any atom is 0.107 e. The largest absolute Gasteiger partial charge is 0.394 e. The van der Waals surface area contributed by atoms with Crippen molar-refractivity contribution in [2.45, 2.75) is 31.3 Å². The molecule has 1 fully saturated rings. The summed E-state index contributed by atoms with van der Waals surface area (Å²) in [5.74, 6) is 0. The van der Waals surface area contributed by atoms with Gasteiger partial charge in [-0.25, -0.2) is 4.98 Å². The number of aliphatic hydroxyl groups excluding tert-OH is 2. The third-order valence-electron chi connectivity index (χ3n) is 2.56. The van der Waals surface area contributed by atoms with E-state index >= 15 is 0 Å². The van der Waals surface area contributed by atoms with E-state index < -0.39 is 12.2 Å². The smallest absolute Gasteiger partial charge is 0.107 e. The van der Waals surface area contributed by atoms with Gasteiger partial charge in [0, 0.05) is 11.8 Å². The van der Waals surface area contributed by atoms with Crippen LogP contribution < -0.4 is 0 Å². The predicted octanol–water partition coefficient (Wildman–Crippen LogP) is 0.170. The summed E-state index contributed by atoms with van der Waals surface area (Å²) in [5.41, 5.74) is 2.65. The lowest BCUT2D eigenvalue weighted by molar-refractivity contribution is -0.155. The van der Waals surface area contributed by atoms with Crippen LogP contribution in [0.25, 0.3) is 0 Å². The van der Waals surface area contributed by atoms with Crippen molar-refractivity contribution < 1.29 is 19.7 Å². The van der Waals surface area contributed by atoms with Gasteiger partial charge in [0.1, 0.15) is 6.10 Å². The van der Waals surface area contributed by atoms with Crippen LogP contribution in [0.3, 0.4) is 0 Å². The molecule has 3 atom stereocenters. The average molecular weight is 245 g/mol. The van der Waals surface area contributed by atoms with Crippen LogP contribution in [0, 0.1) is 0 Å². The second-order valence-corrected chi connectivity index (χ2v) is 4.49. The van der Waals surface area contributed by atoms with Gasteiger partial charge < -0.3 is 19.7 Å². The first-order valence-electron chi connectivity index (χ1n) is 5.18. The summed E-state index contributed by atoms with van der Waals surface area (Å²) < 4.78 is 10.8. The third-order valence-corrected chi connectivity index (χ3v) is 3.20. The summed E-state index contributed by atoms with van der Waals surface area (Å²) in [4.78, 5) is 4.10. The standard InChI is InChI=1S/C10H15NO4S/c12-2-10-9(13)1-8(4-15-10)14-3-7-5-16-6-11-7/h5-6,8-10,12-13H,1-4H2. The van der Waals surface area contributed by atoms with Crippen molar-refractivity contribution in [3.05, 3.63) is 16.6 Å². The van der Waals surface area contributed by atoms with E-state index in [1.807, 2.05) is 5.38 Å². The van der Waals surface area contributed by atoms with Crippen LogP contribution in [-0.4, -0.2) is 46.7 Å². The van der Waals surface area contributed by atoms with Crippen LogP contribution in [0.4, 0.5) is 0 Å². The molecule has 2 heterocycles. The minimum atomic E-state index is -0.654. The molecule has 2 rings (SSSR count). The van der Waals surface area contributed by atoms with Gasteiger partial charge in [-0.05, 0) is 0 Å². The average Bonchev–Trinajstić information content (AvgIpc) is 2.79. The molecule has 3 unspecified atom stereocenters. The Bertz CT molecular complexity index is 306. The maximum atomic E-state index is 9.62. The quantitative estimate of drug-likeness (QED) is 0.791. The summed E-state index contributed by atoms with van der Waals surface area (Å²) in [6.07, 6.45) is -0.757. The van der Waals surface area contributed by atoms with E-state index in [0.717, 1.165) is 5.69 Å². The molecule has 0 amide bonds. The molecule has 90 valence electrons. The Morgan fingerprint density at radius 3 is 3.12 bits per heavy atom. The lowest BCUT2D eigenvalue weighted by atomic mass is 10.0. The van der Waals surface area contributed by atoms with E-state index in [-0.39, 0.29) is 12.7 Å². The molecule has 0 saturated carbocycles. The SMILES string of the molecule is OCC1OCC(OCc2cscn2)CC1O. The highest BCUT2D eigenvalue weighted by Gasteiger charge is 2.29. The van der Waals surface area contributed by atoms with Crippen molar-refractivity contribution in [2.24, 2.45) is 0 Å². The number of hydrogen-bond acceptors (Lipinski definition) is 6. The zero-order valence-corrected chi connectivity index (χ0v) is 9.60. The van der Waals surface area contributed by atoms with E-state index in [4.69, 9.17) is 14.6 Å². The first-order chi connectivity index (χ1) is 7.79. The molecular weight excluding hydrogens is 230 g/mol. The zero-order chi connectivity index (χ0) is 11.4. The second kappa shape index (κ2) is 5.70. The number of aliphatic hydroxyl groups is 2. The summed E-state index contributed by atoms with van der Waals surface area (Å²) in [7, 11) is 0. The molecular formula is C10H15NO4S. The van der Waals surface area contributed by atoms with Gasteiger partial charge in [0.15, 0.2) is 0 Å². The number of thiazole rings is 1. The number of aromatic nitrogens is 1. The van der Waals surface area contributed by atoms with E-state index in [9.17, 15) is 5.11 Å². The second-order valence-electron chi connectivity index (χ2n) is 3.77. The molecule has 0 aliphatic carbocycles. The lowest BCUT2D eigenvalue weighted by Gasteiger charge is -2.32. The van der Waals surface area contributed by atoms with Gasteiger partial charge in [0.2, 0.25) is 0 Å². The molecule has 1 aliphatic rings. The van der Waals surface area contributed by atoms with Gasteiger partial charge in [-0.1, -0.05) is 0 Å². The van der Waals surface area contributed by atoms with Crippen LogP contribution >= 0.6 is 11.3 Å². The number of ether oxygens (including phenoxy) is 2. The summed E-state index contributed by atoms with van der Waals surface area (Å²) in [6.45, 7) is 0.695. The fraction of sp³-hybridized carbons (Fsp3) is 0.700. The van der Waals surface area contributed by atoms with E-state index in [0.29, 0.717) is 19.6 Å². The molecule has 0 radical (unpaired) electrons. The molecule has 0 spiro atoms. The fourth-order valence-corrected chi connectivity index (χ4v) is 2.18. The van der Waals surface area contributed by atoms with Crippen LogP contribution in [0.1, 0.15) is 12.1 Å². The Morgan fingerprint density at radius 1 is 1.62 bits per heavy atom. The summed E-state index contributed by atoms with van der Waals surface area (Å²) in [6, 6.07) is 0. The molecule has 1 aliphatic heterocycles. The van der Waals surface area contributed by atoms with Gasteiger partial charge >= 0.3 is 0 Å². The van der Waals surface area contributed by atoms with Crippen molar-refractivity contribution in [1.82, 2.24) is 4.98 Å². The van der Waals surface area contributed by atoms with Crippen molar-refractivity contribution >= 4 is 11.3 Å². The van der Waals surface area contributed by atoms with Crippen LogP contribution in [0.5, 0.6) is 0 Å². The highest BCUT2D eigenvalue weighted by atomic mass is 32.1. The van der Waals surface area contributed by atoms with Gasteiger partial charge in [-0.15, -0.1) is 11.3 Å². The predicted molar refractivity (Wildman–Crippen MR) is 58.1 cm³/mol. The lowest BCUT2D eigenvalue weighted by Crippen LogP contribution is -2.43. The minimum absolute atomic E-state index is 0.125.